The Hall–Kier alpha value is -2.09. The minimum absolute atomic E-state index is 0.124. The first-order valence-electron chi connectivity index (χ1n) is 9.98. The molecular weight excluding hydrogens is 564 g/mol. The van der Waals surface area contributed by atoms with Crippen LogP contribution in [0.1, 0.15) is 27.4 Å². The zero-order valence-corrected chi connectivity index (χ0v) is 21.5. The number of alkyl halides is 2. The highest BCUT2D eigenvalue weighted by molar-refractivity contribution is 6.55. The first kappa shape index (κ1) is 26.0. The molecule has 4 nitrogen and oxygen atoms in total. The number of rotatable bonds is 5. The molecule has 4 rings (SSSR count). The van der Waals surface area contributed by atoms with E-state index < -0.39 is 39.1 Å². The van der Waals surface area contributed by atoms with Crippen molar-refractivity contribution in [3.63, 3.8) is 0 Å². The summed E-state index contributed by atoms with van der Waals surface area (Å²) < 4.78 is 25.6. The lowest BCUT2D eigenvalue weighted by atomic mass is 9.89. The van der Waals surface area contributed by atoms with E-state index in [-0.39, 0.29) is 21.8 Å². The average molecular weight is 579 g/mol. The predicted octanol–water partition coefficient (Wildman–Crippen LogP) is 6.90. The topological polar surface area (TPSA) is 63.4 Å². The fourth-order valence-electron chi connectivity index (χ4n) is 4.41. The fraction of sp³-hybridized carbons (Fsp3) is 0.167. The Morgan fingerprint density at radius 3 is 2.03 bits per heavy atom. The largest absolute Gasteiger partial charge is 0.369 e. The van der Waals surface area contributed by atoms with Gasteiger partial charge in [-0.2, -0.15) is 0 Å². The second-order valence-electron chi connectivity index (χ2n) is 8.12. The minimum Gasteiger partial charge on any atom is -0.369 e. The molecular formula is C24H15Cl5F2N2O2. The summed E-state index contributed by atoms with van der Waals surface area (Å²) in [7, 11) is 1.36. The van der Waals surface area contributed by atoms with Gasteiger partial charge in [-0.25, -0.2) is 8.78 Å². The van der Waals surface area contributed by atoms with Crippen LogP contribution in [-0.2, 0) is 10.2 Å². The number of hydrogen-bond donors (Lipinski definition) is 1. The van der Waals surface area contributed by atoms with E-state index >= 15 is 0 Å². The number of nitrogens with zero attached hydrogens (tertiary/aromatic N) is 1. The summed E-state index contributed by atoms with van der Waals surface area (Å²) >= 11 is 31.9. The van der Waals surface area contributed by atoms with Crippen LogP contribution in [0.5, 0.6) is 0 Å². The SMILES string of the molecule is CN(C(=O)c1cc(F)cc(F)c1)c1cc(C2(C(N)=O)C(c3cc(Cl)cc(Cl)c3)C2(Cl)Cl)ccc1Cl. The minimum atomic E-state index is -1.67. The van der Waals surface area contributed by atoms with Crippen molar-refractivity contribution >= 4 is 75.5 Å². The number of amides is 2. The molecule has 2 unspecified atom stereocenters. The lowest BCUT2D eigenvalue weighted by molar-refractivity contribution is -0.120. The molecule has 2 atom stereocenters. The Balaban J connectivity index is 1.81. The number of carbonyl (C=O) groups is 2. The smallest absolute Gasteiger partial charge is 0.258 e. The summed E-state index contributed by atoms with van der Waals surface area (Å²) in [6.45, 7) is 0. The molecule has 182 valence electrons. The molecule has 3 aromatic carbocycles. The molecule has 1 saturated carbocycles. The molecule has 35 heavy (non-hydrogen) atoms. The van der Waals surface area contributed by atoms with Crippen LogP contribution in [0.2, 0.25) is 15.1 Å². The molecule has 0 radical (unpaired) electrons. The van der Waals surface area contributed by atoms with E-state index in [0.717, 1.165) is 17.0 Å². The quantitative estimate of drug-likeness (QED) is 0.335. The summed E-state index contributed by atoms with van der Waals surface area (Å²) in [6.07, 6.45) is 0. The van der Waals surface area contributed by atoms with Gasteiger partial charge in [-0.05, 0) is 53.6 Å². The molecule has 2 N–H and O–H groups in total. The van der Waals surface area contributed by atoms with Crippen LogP contribution in [0.15, 0.2) is 54.6 Å². The van der Waals surface area contributed by atoms with Crippen molar-refractivity contribution in [2.45, 2.75) is 15.7 Å². The second-order valence-corrected chi connectivity index (χ2v) is 10.8. The first-order valence-corrected chi connectivity index (χ1v) is 11.9. The first-order chi connectivity index (χ1) is 16.3. The van der Waals surface area contributed by atoms with Gasteiger partial charge in [0.2, 0.25) is 5.91 Å². The normalized spacial score (nSPS) is 20.4. The van der Waals surface area contributed by atoms with E-state index in [4.69, 9.17) is 63.7 Å². The third kappa shape index (κ3) is 4.25. The van der Waals surface area contributed by atoms with Gasteiger partial charge in [0.25, 0.3) is 5.91 Å². The van der Waals surface area contributed by atoms with Crippen molar-refractivity contribution in [1.29, 1.82) is 0 Å². The number of carbonyl (C=O) groups excluding carboxylic acids is 2. The fourth-order valence-corrected chi connectivity index (χ4v) is 6.29. The lowest BCUT2D eigenvalue weighted by Crippen LogP contribution is -2.34. The molecule has 0 aromatic heterocycles. The number of halogens is 7. The van der Waals surface area contributed by atoms with E-state index in [1.807, 2.05) is 0 Å². The Morgan fingerprint density at radius 2 is 1.49 bits per heavy atom. The van der Waals surface area contributed by atoms with Crippen molar-refractivity contribution in [1.82, 2.24) is 0 Å². The number of anilines is 1. The van der Waals surface area contributed by atoms with Crippen LogP contribution in [0.3, 0.4) is 0 Å². The van der Waals surface area contributed by atoms with Gasteiger partial charge in [-0.3, -0.25) is 9.59 Å². The summed E-state index contributed by atoms with van der Waals surface area (Å²) in [5, 5.41) is 0.747. The molecule has 0 aliphatic heterocycles. The van der Waals surface area contributed by atoms with E-state index in [1.54, 1.807) is 12.1 Å². The average Bonchev–Trinajstić information content (AvgIpc) is 3.29. The molecule has 0 bridgehead atoms. The summed E-state index contributed by atoms with van der Waals surface area (Å²) in [4.78, 5) is 26.9. The highest BCUT2D eigenvalue weighted by atomic mass is 35.5. The Morgan fingerprint density at radius 1 is 0.914 bits per heavy atom. The van der Waals surface area contributed by atoms with Gasteiger partial charge in [-0.15, -0.1) is 0 Å². The number of primary amides is 1. The van der Waals surface area contributed by atoms with Crippen LogP contribution in [0.25, 0.3) is 0 Å². The van der Waals surface area contributed by atoms with Crippen LogP contribution in [-0.4, -0.2) is 23.2 Å². The number of hydrogen-bond acceptors (Lipinski definition) is 2. The van der Waals surface area contributed by atoms with Crippen molar-refractivity contribution in [3.8, 4) is 0 Å². The molecule has 0 heterocycles. The summed E-state index contributed by atoms with van der Waals surface area (Å²) in [6, 6.07) is 11.5. The van der Waals surface area contributed by atoms with E-state index in [9.17, 15) is 18.4 Å². The van der Waals surface area contributed by atoms with Gasteiger partial charge < -0.3 is 10.6 Å². The predicted molar refractivity (Wildman–Crippen MR) is 135 cm³/mol. The Labute approximate surface area is 224 Å². The molecule has 3 aromatic rings. The Bertz CT molecular complexity index is 1340. The maximum absolute atomic E-state index is 13.7. The van der Waals surface area contributed by atoms with Gasteiger partial charge in [0, 0.05) is 34.6 Å². The summed E-state index contributed by atoms with van der Waals surface area (Å²) in [5.41, 5.74) is 4.88. The highest BCUT2D eigenvalue weighted by Gasteiger charge is 2.80. The van der Waals surface area contributed by atoms with Crippen LogP contribution < -0.4 is 10.6 Å². The molecule has 11 heteroatoms. The zero-order chi connectivity index (χ0) is 25.9. The van der Waals surface area contributed by atoms with Gasteiger partial charge in [-0.1, -0.05) is 64.1 Å². The van der Waals surface area contributed by atoms with Crippen molar-refractivity contribution in [3.05, 3.63) is 98.0 Å². The number of nitrogens with two attached hydrogens (primary N) is 1. The highest BCUT2D eigenvalue weighted by Crippen LogP contribution is 2.74. The van der Waals surface area contributed by atoms with Gasteiger partial charge in [0.15, 0.2) is 0 Å². The zero-order valence-electron chi connectivity index (χ0n) is 17.8. The van der Waals surface area contributed by atoms with Crippen LogP contribution in [0.4, 0.5) is 14.5 Å². The van der Waals surface area contributed by atoms with Crippen LogP contribution in [0, 0.1) is 11.6 Å². The molecule has 2 amide bonds. The van der Waals surface area contributed by atoms with Gasteiger partial charge in [0.05, 0.1) is 10.7 Å². The van der Waals surface area contributed by atoms with Gasteiger partial charge >= 0.3 is 0 Å². The molecule has 0 saturated heterocycles. The Kier molecular flexibility index (Phi) is 6.75. The molecule has 1 aliphatic rings. The van der Waals surface area contributed by atoms with Crippen LogP contribution >= 0.6 is 58.0 Å². The maximum Gasteiger partial charge on any atom is 0.258 e. The standard InChI is InChI=1S/C24H15Cl5F2N2O2/c1-33(21(34)12-6-16(30)10-17(31)7-12)19-8-13(2-3-18(19)27)23(22(32)35)20(24(23,28)29)11-4-14(25)9-15(26)5-11/h2-10,20H,1H3,(H2,32,35). The lowest BCUT2D eigenvalue weighted by Gasteiger charge is -2.22. The number of benzene rings is 3. The molecule has 1 aliphatic carbocycles. The second kappa shape index (κ2) is 9.09. The van der Waals surface area contributed by atoms with Crippen molar-refractivity contribution in [2.75, 3.05) is 11.9 Å². The van der Waals surface area contributed by atoms with E-state index in [2.05, 4.69) is 0 Å². The maximum atomic E-state index is 13.7. The third-order valence-electron chi connectivity index (χ3n) is 6.02. The molecule has 0 spiro atoms. The van der Waals surface area contributed by atoms with E-state index in [1.165, 1.54) is 31.3 Å². The van der Waals surface area contributed by atoms with Crippen molar-refractivity contribution in [2.24, 2.45) is 5.73 Å². The van der Waals surface area contributed by atoms with Crippen molar-refractivity contribution < 1.29 is 18.4 Å². The summed E-state index contributed by atoms with van der Waals surface area (Å²) in [5.74, 6) is -4.21. The van der Waals surface area contributed by atoms with Gasteiger partial charge in [0.1, 0.15) is 21.4 Å². The third-order valence-corrected chi connectivity index (χ3v) is 7.81. The molecule has 1 fully saturated rings. The monoisotopic (exact) mass is 576 g/mol. The van der Waals surface area contributed by atoms with E-state index in [0.29, 0.717) is 21.7 Å².